The average Bonchev–Trinajstić information content (AvgIpc) is 3.00. The highest BCUT2D eigenvalue weighted by atomic mass is 16.5. The number of aromatic amines is 1. The van der Waals surface area contributed by atoms with E-state index in [2.05, 4.69) is 28.9 Å². The zero-order valence-electron chi connectivity index (χ0n) is 12.9. The van der Waals surface area contributed by atoms with Crippen molar-refractivity contribution in [3.05, 3.63) is 30.3 Å². The van der Waals surface area contributed by atoms with Gasteiger partial charge < -0.3 is 14.4 Å². The van der Waals surface area contributed by atoms with Gasteiger partial charge in [-0.1, -0.05) is 26.0 Å². The lowest BCUT2D eigenvalue weighted by Gasteiger charge is -2.17. The summed E-state index contributed by atoms with van der Waals surface area (Å²) in [5.74, 6) is 1.43. The highest BCUT2D eigenvalue weighted by Crippen LogP contribution is 2.29. The summed E-state index contributed by atoms with van der Waals surface area (Å²) in [5, 5.41) is 7.19. The quantitative estimate of drug-likeness (QED) is 0.812. The fourth-order valence-electron chi connectivity index (χ4n) is 2.20. The smallest absolute Gasteiger partial charge is 0.233 e. The molecule has 2 rings (SSSR count). The lowest BCUT2D eigenvalue weighted by Crippen LogP contribution is -2.27. The van der Waals surface area contributed by atoms with Crippen molar-refractivity contribution in [2.24, 2.45) is 0 Å². The Hall–Kier alpha value is -2.01. The molecule has 0 fully saturated rings. The molecule has 0 spiro atoms. The fourth-order valence-corrected chi connectivity index (χ4v) is 2.20. The highest BCUT2D eigenvalue weighted by Gasteiger charge is 2.09. The maximum absolute atomic E-state index is 5.69. The predicted octanol–water partition coefficient (Wildman–Crippen LogP) is 2.81. The van der Waals surface area contributed by atoms with Gasteiger partial charge in [0.25, 0.3) is 0 Å². The number of methoxy groups -OCH3 is 1. The molecule has 0 amide bonds. The van der Waals surface area contributed by atoms with Crippen molar-refractivity contribution in [3.63, 3.8) is 0 Å². The van der Waals surface area contributed by atoms with Crippen molar-refractivity contribution >= 4 is 0 Å². The first-order valence-corrected chi connectivity index (χ1v) is 7.32. The van der Waals surface area contributed by atoms with Crippen molar-refractivity contribution in [3.8, 4) is 22.9 Å². The zero-order valence-corrected chi connectivity index (χ0v) is 12.9. The van der Waals surface area contributed by atoms with Gasteiger partial charge in [-0.05, 0) is 25.2 Å². The SMILES string of the molecule is CCN(CC)CCOc1cc(-c2ccccc2OC)[nH]n1. The Morgan fingerprint density at radius 1 is 1.19 bits per heavy atom. The fraction of sp³-hybridized carbons (Fsp3) is 0.438. The minimum Gasteiger partial charge on any atom is -0.496 e. The standard InChI is InChI=1S/C16H23N3O2/c1-4-19(5-2)10-11-21-16-12-14(17-18-16)13-8-6-7-9-15(13)20-3/h6-9,12H,4-5,10-11H2,1-3H3,(H,17,18). The number of ether oxygens (including phenoxy) is 2. The van der Waals surface area contributed by atoms with Crippen LogP contribution in [0.4, 0.5) is 0 Å². The van der Waals surface area contributed by atoms with Crippen molar-refractivity contribution in [2.75, 3.05) is 33.4 Å². The Kier molecular flexibility index (Phi) is 5.63. The van der Waals surface area contributed by atoms with E-state index in [1.807, 2.05) is 30.3 Å². The Morgan fingerprint density at radius 3 is 2.67 bits per heavy atom. The number of aromatic nitrogens is 2. The number of benzene rings is 1. The molecule has 0 unspecified atom stereocenters. The molecule has 21 heavy (non-hydrogen) atoms. The Labute approximate surface area is 125 Å². The number of para-hydroxylation sites is 1. The summed E-state index contributed by atoms with van der Waals surface area (Å²) < 4.78 is 11.0. The lowest BCUT2D eigenvalue weighted by molar-refractivity contribution is 0.218. The van der Waals surface area contributed by atoms with Crippen LogP contribution < -0.4 is 9.47 Å². The molecule has 0 bridgehead atoms. The van der Waals surface area contributed by atoms with Crippen LogP contribution in [0.1, 0.15) is 13.8 Å². The van der Waals surface area contributed by atoms with Crippen LogP contribution in [-0.4, -0.2) is 48.4 Å². The van der Waals surface area contributed by atoms with Gasteiger partial charge in [0.15, 0.2) is 0 Å². The second-order valence-corrected chi connectivity index (χ2v) is 4.70. The second-order valence-electron chi connectivity index (χ2n) is 4.70. The molecule has 0 radical (unpaired) electrons. The normalized spacial score (nSPS) is 10.9. The van der Waals surface area contributed by atoms with Gasteiger partial charge in [-0.15, -0.1) is 5.10 Å². The molecule has 0 aliphatic heterocycles. The van der Waals surface area contributed by atoms with E-state index in [4.69, 9.17) is 9.47 Å². The van der Waals surface area contributed by atoms with Crippen molar-refractivity contribution in [2.45, 2.75) is 13.8 Å². The van der Waals surface area contributed by atoms with Crippen LogP contribution >= 0.6 is 0 Å². The summed E-state index contributed by atoms with van der Waals surface area (Å²) in [4.78, 5) is 2.31. The molecule has 0 saturated carbocycles. The van der Waals surface area contributed by atoms with E-state index in [0.29, 0.717) is 12.5 Å². The van der Waals surface area contributed by atoms with E-state index in [1.165, 1.54) is 0 Å². The molecule has 0 aliphatic rings. The van der Waals surface area contributed by atoms with Crippen molar-refractivity contribution in [1.82, 2.24) is 15.1 Å². The summed E-state index contributed by atoms with van der Waals surface area (Å²) in [6.45, 7) is 7.91. The molecule has 5 nitrogen and oxygen atoms in total. The maximum Gasteiger partial charge on any atom is 0.233 e. The van der Waals surface area contributed by atoms with Gasteiger partial charge in [0.2, 0.25) is 5.88 Å². The third kappa shape index (κ3) is 3.98. The maximum atomic E-state index is 5.69. The van der Waals surface area contributed by atoms with Crippen LogP contribution in [-0.2, 0) is 0 Å². The Morgan fingerprint density at radius 2 is 1.95 bits per heavy atom. The number of nitrogens with one attached hydrogen (secondary N) is 1. The average molecular weight is 289 g/mol. The van der Waals surface area contributed by atoms with E-state index < -0.39 is 0 Å². The van der Waals surface area contributed by atoms with Crippen molar-refractivity contribution in [1.29, 1.82) is 0 Å². The van der Waals surface area contributed by atoms with Crippen LogP contribution in [0.3, 0.4) is 0 Å². The summed E-state index contributed by atoms with van der Waals surface area (Å²) in [5.41, 5.74) is 1.87. The van der Waals surface area contributed by atoms with Crippen LogP contribution in [0.5, 0.6) is 11.6 Å². The minimum absolute atomic E-state index is 0.614. The van der Waals surface area contributed by atoms with Gasteiger partial charge in [-0.2, -0.15) is 0 Å². The van der Waals surface area contributed by atoms with Gasteiger partial charge in [-0.3, -0.25) is 5.10 Å². The molecule has 1 N–H and O–H groups in total. The molecule has 114 valence electrons. The number of rotatable bonds is 8. The van der Waals surface area contributed by atoms with Crippen LogP contribution in [0.25, 0.3) is 11.3 Å². The third-order valence-corrected chi connectivity index (χ3v) is 3.50. The second kappa shape index (κ2) is 7.69. The lowest BCUT2D eigenvalue weighted by atomic mass is 10.1. The molecule has 1 aromatic carbocycles. The summed E-state index contributed by atoms with van der Waals surface area (Å²) in [6.07, 6.45) is 0. The molecule has 1 heterocycles. The van der Waals surface area contributed by atoms with E-state index >= 15 is 0 Å². The van der Waals surface area contributed by atoms with Crippen LogP contribution in [0.2, 0.25) is 0 Å². The van der Waals surface area contributed by atoms with E-state index in [0.717, 1.165) is 36.6 Å². The number of nitrogens with zero attached hydrogens (tertiary/aromatic N) is 2. The number of hydrogen-bond donors (Lipinski definition) is 1. The summed E-state index contributed by atoms with van der Waals surface area (Å²) in [6, 6.07) is 9.74. The van der Waals surface area contributed by atoms with E-state index in [1.54, 1.807) is 7.11 Å². The van der Waals surface area contributed by atoms with Gasteiger partial charge in [-0.25, -0.2) is 0 Å². The Balaban J connectivity index is 1.98. The molecule has 1 aromatic heterocycles. The summed E-state index contributed by atoms with van der Waals surface area (Å²) >= 11 is 0. The van der Waals surface area contributed by atoms with Gasteiger partial charge >= 0.3 is 0 Å². The predicted molar refractivity (Wildman–Crippen MR) is 83.9 cm³/mol. The van der Waals surface area contributed by atoms with Gasteiger partial charge in [0.1, 0.15) is 12.4 Å². The highest BCUT2D eigenvalue weighted by molar-refractivity contribution is 5.67. The molecule has 0 atom stereocenters. The largest absolute Gasteiger partial charge is 0.496 e. The van der Waals surface area contributed by atoms with E-state index in [9.17, 15) is 0 Å². The first-order valence-electron chi connectivity index (χ1n) is 7.32. The first kappa shape index (κ1) is 15.4. The molecule has 5 heteroatoms. The molecule has 0 aliphatic carbocycles. The topological polar surface area (TPSA) is 50.4 Å². The molecule has 2 aromatic rings. The minimum atomic E-state index is 0.614. The number of H-pyrrole nitrogens is 1. The molecular weight excluding hydrogens is 266 g/mol. The van der Waals surface area contributed by atoms with Gasteiger partial charge in [0, 0.05) is 18.2 Å². The van der Waals surface area contributed by atoms with Crippen LogP contribution in [0, 0.1) is 0 Å². The molecular formula is C16H23N3O2. The van der Waals surface area contributed by atoms with Crippen molar-refractivity contribution < 1.29 is 9.47 Å². The number of likely N-dealkylation sites (N-methyl/N-ethyl adjacent to an activating group) is 1. The zero-order chi connectivity index (χ0) is 15.1. The summed E-state index contributed by atoms with van der Waals surface area (Å²) in [7, 11) is 1.66. The molecule has 0 saturated heterocycles. The monoisotopic (exact) mass is 289 g/mol. The third-order valence-electron chi connectivity index (χ3n) is 3.50. The number of hydrogen-bond acceptors (Lipinski definition) is 4. The van der Waals surface area contributed by atoms with E-state index in [-0.39, 0.29) is 0 Å². The Bertz CT molecular complexity index is 550. The first-order chi connectivity index (χ1) is 10.3. The van der Waals surface area contributed by atoms with Crippen LogP contribution in [0.15, 0.2) is 30.3 Å². The van der Waals surface area contributed by atoms with Gasteiger partial charge in [0.05, 0.1) is 12.8 Å².